The van der Waals surface area contributed by atoms with Gasteiger partial charge in [-0.05, 0) is 50.4 Å². The van der Waals surface area contributed by atoms with Crippen molar-refractivity contribution >= 4 is 15.9 Å². The molecule has 1 aromatic rings. The third-order valence-electron chi connectivity index (χ3n) is 3.23. The van der Waals surface area contributed by atoms with Crippen LogP contribution in [-0.2, 0) is 0 Å². The highest BCUT2D eigenvalue weighted by atomic mass is 79.9. The van der Waals surface area contributed by atoms with Crippen molar-refractivity contribution in [3.05, 3.63) is 28.5 Å². The van der Waals surface area contributed by atoms with Crippen LogP contribution in [0.2, 0.25) is 0 Å². The minimum atomic E-state index is -0.303. The molecule has 0 spiro atoms. The molecule has 0 aliphatic heterocycles. The first kappa shape index (κ1) is 14.8. The largest absolute Gasteiger partial charge is 0.491 e. The monoisotopic (exact) mass is 329 g/mol. The predicted octanol–water partition coefficient (Wildman–Crippen LogP) is 4.28. The Morgan fingerprint density at radius 1 is 1.21 bits per heavy atom. The molecule has 2 rings (SSSR count). The Balaban J connectivity index is 1.48. The summed E-state index contributed by atoms with van der Waals surface area (Å²) < 4.78 is 19.6. The van der Waals surface area contributed by atoms with Gasteiger partial charge in [0.05, 0.1) is 6.61 Å². The molecule has 1 aliphatic rings. The maximum absolute atomic E-state index is 13.4. The van der Waals surface area contributed by atoms with E-state index in [4.69, 9.17) is 4.74 Å². The number of benzene rings is 1. The van der Waals surface area contributed by atoms with Crippen LogP contribution < -0.4 is 10.1 Å². The molecule has 1 N–H and O–H groups in total. The summed E-state index contributed by atoms with van der Waals surface area (Å²) in [7, 11) is 0. The zero-order valence-corrected chi connectivity index (χ0v) is 12.7. The van der Waals surface area contributed by atoms with E-state index in [1.54, 1.807) is 12.1 Å². The molecule has 19 heavy (non-hydrogen) atoms. The van der Waals surface area contributed by atoms with Crippen molar-refractivity contribution in [2.75, 3.05) is 13.2 Å². The molecule has 4 heteroatoms. The van der Waals surface area contributed by atoms with Gasteiger partial charge in [0.15, 0.2) is 11.6 Å². The van der Waals surface area contributed by atoms with Crippen molar-refractivity contribution in [2.24, 2.45) is 0 Å². The summed E-state index contributed by atoms with van der Waals surface area (Å²) >= 11 is 3.23. The molecular formula is C15H21BrFNO. The van der Waals surface area contributed by atoms with Gasteiger partial charge in [0.25, 0.3) is 0 Å². The van der Waals surface area contributed by atoms with Gasteiger partial charge >= 0.3 is 0 Å². The van der Waals surface area contributed by atoms with Gasteiger partial charge in [0.1, 0.15) is 0 Å². The summed E-state index contributed by atoms with van der Waals surface area (Å²) in [5.41, 5.74) is 0. The zero-order valence-electron chi connectivity index (χ0n) is 11.1. The lowest BCUT2D eigenvalue weighted by Crippen LogP contribution is -2.17. The number of hydrogen-bond acceptors (Lipinski definition) is 2. The Kier molecular flexibility index (Phi) is 6.11. The van der Waals surface area contributed by atoms with Crippen LogP contribution in [0.1, 0.15) is 38.5 Å². The predicted molar refractivity (Wildman–Crippen MR) is 79.1 cm³/mol. The third kappa shape index (κ3) is 5.91. The van der Waals surface area contributed by atoms with Crippen molar-refractivity contribution in [3.63, 3.8) is 0 Å². The first-order valence-electron chi connectivity index (χ1n) is 7.07. The second kappa shape index (κ2) is 7.85. The Bertz CT molecular complexity index is 396. The highest BCUT2D eigenvalue weighted by Gasteiger charge is 2.19. The SMILES string of the molecule is Fc1cc(Br)ccc1OCCCCCCNC1CC1. The molecular weight excluding hydrogens is 309 g/mol. The van der Waals surface area contributed by atoms with Gasteiger partial charge in [-0.3, -0.25) is 0 Å². The van der Waals surface area contributed by atoms with Crippen molar-refractivity contribution in [1.29, 1.82) is 0 Å². The molecule has 0 heterocycles. The minimum absolute atomic E-state index is 0.303. The lowest BCUT2D eigenvalue weighted by atomic mass is 10.2. The maximum atomic E-state index is 13.4. The number of nitrogens with one attached hydrogen (secondary N) is 1. The van der Waals surface area contributed by atoms with Gasteiger partial charge in [-0.25, -0.2) is 4.39 Å². The second-order valence-corrected chi connectivity index (χ2v) is 5.98. The Morgan fingerprint density at radius 2 is 2.00 bits per heavy atom. The Labute approximate surface area is 122 Å². The van der Waals surface area contributed by atoms with E-state index in [-0.39, 0.29) is 5.82 Å². The van der Waals surface area contributed by atoms with Crippen LogP contribution >= 0.6 is 15.9 Å². The standard InChI is InChI=1S/C15H21BrFNO/c16-12-5-8-15(14(17)11-12)19-10-4-2-1-3-9-18-13-6-7-13/h5,8,11,13,18H,1-4,6-7,9-10H2. The van der Waals surface area contributed by atoms with Gasteiger partial charge in [0, 0.05) is 10.5 Å². The van der Waals surface area contributed by atoms with Gasteiger partial charge in [-0.1, -0.05) is 28.8 Å². The van der Waals surface area contributed by atoms with Crippen molar-refractivity contribution in [3.8, 4) is 5.75 Å². The smallest absolute Gasteiger partial charge is 0.166 e. The van der Waals surface area contributed by atoms with Crippen LogP contribution in [0.15, 0.2) is 22.7 Å². The fraction of sp³-hybridized carbons (Fsp3) is 0.600. The number of hydrogen-bond donors (Lipinski definition) is 1. The van der Waals surface area contributed by atoms with E-state index in [2.05, 4.69) is 21.2 Å². The van der Waals surface area contributed by atoms with Gasteiger partial charge in [-0.2, -0.15) is 0 Å². The number of unbranched alkanes of at least 4 members (excludes halogenated alkanes) is 3. The maximum Gasteiger partial charge on any atom is 0.166 e. The molecule has 1 aromatic carbocycles. The normalized spacial score (nSPS) is 14.6. The van der Waals surface area contributed by atoms with Crippen LogP contribution in [0.4, 0.5) is 4.39 Å². The van der Waals surface area contributed by atoms with Gasteiger partial charge in [0.2, 0.25) is 0 Å². The molecule has 0 amide bonds. The third-order valence-corrected chi connectivity index (χ3v) is 3.73. The van der Waals surface area contributed by atoms with Crippen LogP contribution in [0.5, 0.6) is 5.75 Å². The molecule has 0 bridgehead atoms. The number of ether oxygens (including phenoxy) is 1. The first-order valence-corrected chi connectivity index (χ1v) is 7.86. The van der Waals surface area contributed by atoms with Crippen LogP contribution in [-0.4, -0.2) is 19.2 Å². The molecule has 2 nitrogen and oxygen atoms in total. The average molecular weight is 330 g/mol. The zero-order chi connectivity index (χ0) is 13.5. The molecule has 1 aliphatic carbocycles. The van der Waals surface area contributed by atoms with Gasteiger partial charge < -0.3 is 10.1 Å². The molecule has 0 aromatic heterocycles. The van der Waals surface area contributed by atoms with Crippen LogP contribution in [0.25, 0.3) is 0 Å². The molecule has 0 atom stereocenters. The van der Waals surface area contributed by atoms with E-state index >= 15 is 0 Å². The number of rotatable bonds is 9. The molecule has 106 valence electrons. The molecule has 0 saturated heterocycles. The van der Waals surface area contributed by atoms with E-state index in [9.17, 15) is 4.39 Å². The highest BCUT2D eigenvalue weighted by molar-refractivity contribution is 9.10. The average Bonchev–Trinajstić information content (AvgIpc) is 3.19. The quantitative estimate of drug-likeness (QED) is 0.683. The number of halogens is 2. The van der Waals surface area contributed by atoms with Crippen LogP contribution in [0.3, 0.4) is 0 Å². The summed E-state index contributed by atoms with van der Waals surface area (Å²) in [6, 6.07) is 5.70. The Morgan fingerprint density at radius 3 is 2.74 bits per heavy atom. The summed E-state index contributed by atoms with van der Waals surface area (Å²) in [5.74, 6) is 0.0432. The summed E-state index contributed by atoms with van der Waals surface area (Å²) in [4.78, 5) is 0. The fourth-order valence-corrected chi connectivity index (χ4v) is 2.28. The van der Waals surface area contributed by atoms with Crippen LogP contribution in [0, 0.1) is 5.82 Å². The molecule has 0 unspecified atom stereocenters. The minimum Gasteiger partial charge on any atom is -0.491 e. The van der Waals surface area contributed by atoms with Gasteiger partial charge in [-0.15, -0.1) is 0 Å². The second-order valence-electron chi connectivity index (χ2n) is 5.07. The van der Waals surface area contributed by atoms with E-state index in [0.29, 0.717) is 12.4 Å². The molecule has 1 fully saturated rings. The van der Waals surface area contributed by atoms with Crippen molar-refractivity contribution in [1.82, 2.24) is 5.32 Å². The molecule has 1 saturated carbocycles. The topological polar surface area (TPSA) is 21.3 Å². The Hall–Kier alpha value is -0.610. The first-order chi connectivity index (χ1) is 9.25. The highest BCUT2D eigenvalue weighted by Crippen LogP contribution is 2.21. The van der Waals surface area contributed by atoms with Crippen molar-refractivity contribution < 1.29 is 9.13 Å². The lowest BCUT2D eigenvalue weighted by molar-refractivity contribution is 0.290. The lowest BCUT2D eigenvalue weighted by Gasteiger charge is -2.07. The van der Waals surface area contributed by atoms with E-state index in [1.165, 1.54) is 31.7 Å². The van der Waals surface area contributed by atoms with E-state index < -0.39 is 0 Å². The summed E-state index contributed by atoms with van der Waals surface area (Å²) in [6.45, 7) is 1.72. The van der Waals surface area contributed by atoms with E-state index in [0.717, 1.165) is 29.9 Å². The van der Waals surface area contributed by atoms with E-state index in [1.807, 2.05) is 0 Å². The fourth-order valence-electron chi connectivity index (χ4n) is 1.95. The van der Waals surface area contributed by atoms with Crippen molar-refractivity contribution in [2.45, 2.75) is 44.6 Å². The summed E-state index contributed by atoms with van der Waals surface area (Å²) in [5, 5.41) is 3.50. The molecule has 0 radical (unpaired) electrons. The summed E-state index contributed by atoms with van der Waals surface area (Å²) in [6.07, 6.45) is 7.28.